The number of hydrogen-bond acceptors (Lipinski definition) is 5. The van der Waals surface area contributed by atoms with Gasteiger partial charge in [-0.15, -0.1) is 0 Å². The molecule has 0 atom stereocenters. The molecule has 2 N–H and O–H groups in total. The summed E-state index contributed by atoms with van der Waals surface area (Å²) in [6.45, 7) is 8.72. The predicted molar refractivity (Wildman–Crippen MR) is 97.0 cm³/mol. The van der Waals surface area contributed by atoms with Crippen molar-refractivity contribution in [2.75, 3.05) is 13.2 Å². The summed E-state index contributed by atoms with van der Waals surface area (Å²) in [7, 11) is 0. The minimum absolute atomic E-state index is 0.00534. The van der Waals surface area contributed by atoms with Crippen molar-refractivity contribution in [2.24, 2.45) is 5.10 Å². The Labute approximate surface area is 148 Å². The van der Waals surface area contributed by atoms with Gasteiger partial charge in [0.2, 0.25) is 11.8 Å². The van der Waals surface area contributed by atoms with Gasteiger partial charge >= 0.3 is 0 Å². The zero-order chi connectivity index (χ0) is 18.7. The maximum Gasteiger partial charge on any atom is 0.249 e. The van der Waals surface area contributed by atoms with Crippen LogP contribution in [0.15, 0.2) is 23.3 Å². The highest BCUT2D eigenvalue weighted by Crippen LogP contribution is 2.28. The van der Waals surface area contributed by atoms with E-state index in [1.165, 1.54) is 6.21 Å². The second-order valence-electron chi connectivity index (χ2n) is 5.68. The van der Waals surface area contributed by atoms with E-state index in [1.807, 2.05) is 33.8 Å². The smallest absolute Gasteiger partial charge is 0.249 e. The Bertz CT molecular complexity index is 600. The lowest BCUT2D eigenvalue weighted by Crippen LogP contribution is -2.34. The second-order valence-corrected chi connectivity index (χ2v) is 5.68. The maximum atomic E-state index is 11.6. The second kappa shape index (κ2) is 11.1. The van der Waals surface area contributed by atoms with Gasteiger partial charge in [0.05, 0.1) is 19.4 Å². The largest absolute Gasteiger partial charge is 0.490 e. The molecule has 0 aliphatic heterocycles. The molecule has 2 amide bonds. The number of nitrogens with zero attached hydrogens (tertiary/aromatic N) is 1. The topological polar surface area (TPSA) is 89.0 Å². The Morgan fingerprint density at radius 2 is 1.92 bits per heavy atom. The van der Waals surface area contributed by atoms with Gasteiger partial charge < -0.3 is 14.8 Å². The van der Waals surface area contributed by atoms with E-state index >= 15 is 0 Å². The highest BCUT2D eigenvalue weighted by atomic mass is 16.5. The molecule has 0 saturated heterocycles. The van der Waals surface area contributed by atoms with E-state index in [1.54, 1.807) is 12.1 Å². The van der Waals surface area contributed by atoms with Gasteiger partial charge in [0.25, 0.3) is 0 Å². The van der Waals surface area contributed by atoms with Crippen molar-refractivity contribution < 1.29 is 19.1 Å². The van der Waals surface area contributed by atoms with Gasteiger partial charge in [-0.3, -0.25) is 9.59 Å². The van der Waals surface area contributed by atoms with Crippen LogP contribution in [0.25, 0.3) is 0 Å². The van der Waals surface area contributed by atoms with Crippen LogP contribution in [0.1, 0.15) is 46.1 Å². The molecule has 25 heavy (non-hydrogen) atoms. The average Bonchev–Trinajstić information content (AvgIpc) is 2.53. The molecule has 0 saturated carbocycles. The fourth-order valence-electron chi connectivity index (χ4n) is 1.94. The molecular formula is C18H27N3O4. The Morgan fingerprint density at radius 1 is 1.16 bits per heavy atom. The van der Waals surface area contributed by atoms with E-state index in [-0.39, 0.29) is 18.4 Å². The molecule has 138 valence electrons. The fourth-order valence-corrected chi connectivity index (χ4v) is 1.94. The summed E-state index contributed by atoms with van der Waals surface area (Å²) < 4.78 is 11.2. The first kappa shape index (κ1) is 20.5. The highest BCUT2D eigenvalue weighted by molar-refractivity contribution is 5.97. The van der Waals surface area contributed by atoms with Crippen molar-refractivity contribution in [3.63, 3.8) is 0 Å². The monoisotopic (exact) mass is 349 g/mol. The normalized spacial score (nSPS) is 10.8. The van der Waals surface area contributed by atoms with E-state index in [0.29, 0.717) is 24.7 Å². The standard InChI is InChI=1S/C18H27N3O4/c1-5-9-25-15-8-7-14(10-16(15)24-6-2)12-19-21-18(23)11-17(22)20-13(3)4/h7-8,10,12-13H,5-6,9,11H2,1-4H3,(H,20,22)(H,21,23)/b19-12-. The van der Waals surface area contributed by atoms with Gasteiger partial charge in [-0.2, -0.15) is 5.10 Å². The molecule has 0 aliphatic carbocycles. The number of hydrogen-bond donors (Lipinski definition) is 2. The molecule has 1 aromatic rings. The molecule has 0 bridgehead atoms. The van der Waals surface area contributed by atoms with Gasteiger partial charge in [0, 0.05) is 6.04 Å². The van der Waals surface area contributed by atoms with E-state index in [2.05, 4.69) is 15.8 Å². The number of ether oxygens (including phenoxy) is 2. The number of amides is 2. The Balaban J connectivity index is 2.62. The fraction of sp³-hybridized carbons (Fsp3) is 0.500. The Hall–Kier alpha value is -2.57. The SMILES string of the molecule is CCCOc1ccc(/C=N\NC(=O)CC(=O)NC(C)C)cc1OCC. The predicted octanol–water partition coefficient (Wildman–Crippen LogP) is 2.24. The van der Waals surface area contributed by atoms with Crippen LogP contribution >= 0.6 is 0 Å². The molecule has 7 nitrogen and oxygen atoms in total. The summed E-state index contributed by atoms with van der Waals surface area (Å²) in [5, 5.41) is 6.51. The average molecular weight is 349 g/mol. The quantitative estimate of drug-likeness (QED) is 0.385. The summed E-state index contributed by atoms with van der Waals surface area (Å²) in [4.78, 5) is 23.1. The molecule has 0 fully saturated rings. The Morgan fingerprint density at radius 3 is 2.56 bits per heavy atom. The van der Waals surface area contributed by atoms with Crippen LogP contribution in [0.5, 0.6) is 11.5 Å². The molecule has 0 unspecified atom stereocenters. The molecule has 0 radical (unpaired) electrons. The van der Waals surface area contributed by atoms with Crippen LogP contribution in [0, 0.1) is 0 Å². The first-order chi connectivity index (χ1) is 12.0. The number of carbonyl (C=O) groups excluding carboxylic acids is 2. The van der Waals surface area contributed by atoms with Crippen LogP contribution in [0.4, 0.5) is 0 Å². The lowest BCUT2D eigenvalue weighted by molar-refractivity contribution is -0.129. The highest BCUT2D eigenvalue weighted by Gasteiger charge is 2.09. The number of hydrazone groups is 1. The van der Waals surface area contributed by atoms with Crippen molar-refractivity contribution in [3.05, 3.63) is 23.8 Å². The van der Waals surface area contributed by atoms with Crippen molar-refractivity contribution >= 4 is 18.0 Å². The van der Waals surface area contributed by atoms with Crippen LogP contribution < -0.4 is 20.2 Å². The van der Waals surface area contributed by atoms with Crippen LogP contribution in [0.2, 0.25) is 0 Å². The maximum absolute atomic E-state index is 11.6. The summed E-state index contributed by atoms with van der Waals surface area (Å²) in [5.74, 6) is 0.499. The third-order valence-corrected chi connectivity index (χ3v) is 2.90. The number of nitrogens with one attached hydrogen (secondary N) is 2. The molecule has 0 aromatic heterocycles. The number of rotatable bonds is 10. The van der Waals surface area contributed by atoms with Gasteiger partial charge in [-0.1, -0.05) is 6.92 Å². The summed E-state index contributed by atoms with van der Waals surface area (Å²) in [6, 6.07) is 5.40. The van der Waals surface area contributed by atoms with Crippen molar-refractivity contribution in [1.29, 1.82) is 0 Å². The molecule has 0 spiro atoms. The lowest BCUT2D eigenvalue weighted by atomic mass is 10.2. The van der Waals surface area contributed by atoms with Gasteiger partial charge in [-0.25, -0.2) is 5.43 Å². The summed E-state index contributed by atoms with van der Waals surface area (Å²) >= 11 is 0. The third-order valence-electron chi connectivity index (χ3n) is 2.90. The van der Waals surface area contributed by atoms with Gasteiger partial charge in [0.15, 0.2) is 11.5 Å². The molecule has 7 heteroatoms. The van der Waals surface area contributed by atoms with Crippen LogP contribution in [0.3, 0.4) is 0 Å². The zero-order valence-corrected chi connectivity index (χ0v) is 15.3. The molecule has 0 heterocycles. The van der Waals surface area contributed by atoms with Crippen molar-refractivity contribution in [3.8, 4) is 11.5 Å². The van der Waals surface area contributed by atoms with E-state index < -0.39 is 5.91 Å². The Kier molecular flexibility index (Phi) is 9.06. The lowest BCUT2D eigenvalue weighted by Gasteiger charge is -2.11. The molecule has 1 rings (SSSR count). The van der Waals surface area contributed by atoms with E-state index in [9.17, 15) is 9.59 Å². The molecular weight excluding hydrogens is 322 g/mol. The first-order valence-electron chi connectivity index (χ1n) is 8.47. The molecule has 1 aromatic carbocycles. The first-order valence-corrected chi connectivity index (χ1v) is 8.47. The van der Waals surface area contributed by atoms with E-state index in [4.69, 9.17) is 9.47 Å². The van der Waals surface area contributed by atoms with Crippen LogP contribution in [-0.4, -0.2) is 37.3 Å². The minimum atomic E-state index is -0.470. The van der Waals surface area contributed by atoms with Crippen LogP contribution in [-0.2, 0) is 9.59 Å². The van der Waals surface area contributed by atoms with Crippen molar-refractivity contribution in [2.45, 2.75) is 46.6 Å². The third kappa shape index (κ3) is 8.19. The number of benzene rings is 1. The van der Waals surface area contributed by atoms with E-state index in [0.717, 1.165) is 12.0 Å². The summed E-state index contributed by atoms with van der Waals surface area (Å²) in [6.07, 6.45) is 2.14. The molecule has 0 aliphatic rings. The summed E-state index contributed by atoms with van der Waals surface area (Å²) in [5.41, 5.74) is 3.08. The van der Waals surface area contributed by atoms with Crippen molar-refractivity contribution in [1.82, 2.24) is 10.7 Å². The zero-order valence-electron chi connectivity index (χ0n) is 15.3. The van der Waals surface area contributed by atoms with Gasteiger partial charge in [0.1, 0.15) is 6.42 Å². The minimum Gasteiger partial charge on any atom is -0.490 e. The van der Waals surface area contributed by atoms with Gasteiger partial charge in [-0.05, 0) is 51.0 Å². The number of carbonyl (C=O) groups is 2.